The van der Waals surface area contributed by atoms with Crippen LogP contribution >= 0.6 is 7.60 Å². The molecule has 0 aromatic rings. The normalized spacial score (nSPS) is 20.3. The van der Waals surface area contributed by atoms with Gasteiger partial charge in [0.1, 0.15) is 5.78 Å². The lowest BCUT2D eigenvalue weighted by atomic mass is 9.85. The third kappa shape index (κ3) is 4.35. The molecule has 1 amide bonds. The summed E-state index contributed by atoms with van der Waals surface area (Å²) in [6, 6.07) is -0.709. The minimum atomic E-state index is -4.31. The van der Waals surface area contributed by atoms with E-state index in [-0.39, 0.29) is 11.8 Å². The number of hydrogen-bond acceptors (Lipinski definition) is 3. The second kappa shape index (κ2) is 6.15. The van der Waals surface area contributed by atoms with Crippen molar-refractivity contribution in [2.45, 2.75) is 51.4 Å². The predicted molar refractivity (Wildman–Crippen MR) is 68.7 cm³/mol. The molecule has 0 aliphatic heterocycles. The first-order chi connectivity index (χ1) is 8.21. The van der Waals surface area contributed by atoms with Crippen LogP contribution in [0.25, 0.3) is 0 Å². The molecular formula is C11H23N2O4P. The maximum atomic E-state index is 11.8. The average Bonchev–Trinajstić information content (AvgIpc) is 2.10. The highest BCUT2D eigenvalue weighted by molar-refractivity contribution is 7.52. The zero-order valence-corrected chi connectivity index (χ0v) is 11.8. The van der Waals surface area contributed by atoms with Gasteiger partial charge >= 0.3 is 7.60 Å². The Labute approximate surface area is 107 Å². The number of amides is 1. The Bertz CT molecular complexity index is 338. The van der Waals surface area contributed by atoms with Gasteiger partial charge in [0.25, 0.3) is 0 Å². The fraction of sp³-hybridized carbons (Fsp3) is 0.909. The Morgan fingerprint density at radius 2 is 2.00 bits per heavy atom. The predicted octanol–water partition coefficient (Wildman–Crippen LogP) is 0.780. The van der Waals surface area contributed by atoms with Crippen LogP contribution in [0.5, 0.6) is 0 Å². The summed E-state index contributed by atoms with van der Waals surface area (Å²) in [7, 11) is -4.31. The van der Waals surface area contributed by atoms with Gasteiger partial charge in [-0.3, -0.25) is 9.36 Å². The quantitative estimate of drug-likeness (QED) is 0.536. The van der Waals surface area contributed by atoms with Crippen molar-refractivity contribution in [1.82, 2.24) is 5.32 Å². The highest BCUT2D eigenvalue weighted by atomic mass is 31.2. The van der Waals surface area contributed by atoms with Gasteiger partial charge in [-0.05, 0) is 31.1 Å². The zero-order valence-electron chi connectivity index (χ0n) is 10.9. The van der Waals surface area contributed by atoms with E-state index in [4.69, 9.17) is 5.73 Å². The Kier molecular flexibility index (Phi) is 5.34. The molecule has 0 heterocycles. The third-order valence-electron chi connectivity index (χ3n) is 3.31. The van der Waals surface area contributed by atoms with Gasteiger partial charge in [-0.1, -0.05) is 20.3 Å². The van der Waals surface area contributed by atoms with Crippen molar-refractivity contribution in [2.24, 2.45) is 17.6 Å². The van der Waals surface area contributed by atoms with Crippen LogP contribution in [0, 0.1) is 11.8 Å². The molecule has 106 valence electrons. The second-order valence-electron chi connectivity index (χ2n) is 5.47. The molecule has 1 unspecified atom stereocenters. The van der Waals surface area contributed by atoms with Crippen molar-refractivity contribution < 1.29 is 19.1 Å². The minimum absolute atomic E-state index is 0.124. The molecule has 0 aromatic carbocycles. The standard InChI is InChI=1S/C11H23N2O4P/c1-7(2)6-9(12)10(14)13-11(18(15,16)17)8-4-3-5-8/h7-9,11H,3-6,12H2,1-2H3,(H,13,14)(H2,15,16,17)/t9-,11?/m0/s1. The van der Waals surface area contributed by atoms with Gasteiger partial charge in [0.15, 0.2) is 0 Å². The van der Waals surface area contributed by atoms with Crippen LogP contribution in [0.1, 0.15) is 39.5 Å². The third-order valence-corrected chi connectivity index (χ3v) is 4.59. The molecule has 1 aliphatic rings. The highest BCUT2D eigenvalue weighted by Crippen LogP contribution is 2.48. The molecule has 0 spiro atoms. The molecule has 1 rings (SSSR count). The summed E-state index contributed by atoms with van der Waals surface area (Å²) in [6.07, 6.45) is 2.95. The maximum Gasteiger partial charge on any atom is 0.347 e. The van der Waals surface area contributed by atoms with E-state index in [1.54, 1.807) is 0 Å². The van der Waals surface area contributed by atoms with E-state index in [0.717, 1.165) is 19.3 Å². The van der Waals surface area contributed by atoms with Gasteiger partial charge in [0.05, 0.1) is 6.04 Å². The smallest absolute Gasteiger partial charge is 0.340 e. The van der Waals surface area contributed by atoms with E-state index in [2.05, 4.69) is 5.32 Å². The van der Waals surface area contributed by atoms with E-state index in [0.29, 0.717) is 6.42 Å². The molecule has 1 saturated carbocycles. The van der Waals surface area contributed by atoms with Crippen LogP contribution in [-0.2, 0) is 9.36 Å². The number of nitrogens with one attached hydrogen (secondary N) is 1. The highest BCUT2D eigenvalue weighted by Gasteiger charge is 2.40. The zero-order chi connectivity index (χ0) is 13.9. The van der Waals surface area contributed by atoms with Crippen LogP contribution in [0.3, 0.4) is 0 Å². The topological polar surface area (TPSA) is 113 Å². The van der Waals surface area contributed by atoms with Crippen LogP contribution in [0.2, 0.25) is 0 Å². The van der Waals surface area contributed by atoms with Crippen LogP contribution < -0.4 is 11.1 Å². The summed E-state index contributed by atoms with van der Waals surface area (Å²) in [6.45, 7) is 3.89. The lowest BCUT2D eigenvalue weighted by Gasteiger charge is -2.34. The molecule has 6 nitrogen and oxygen atoms in total. The van der Waals surface area contributed by atoms with E-state index in [1.807, 2.05) is 13.8 Å². The number of carbonyl (C=O) groups excluding carboxylic acids is 1. The Balaban J connectivity index is 2.60. The number of nitrogens with two attached hydrogens (primary N) is 1. The summed E-state index contributed by atoms with van der Waals surface area (Å²) in [5.74, 6) is -1.40. The van der Waals surface area contributed by atoms with Gasteiger partial charge in [0, 0.05) is 0 Å². The van der Waals surface area contributed by atoms with Gasteiger partial charge in [0.2, 0.25) is 5.91 Å². The maximum absolute atomic E-state index is 11.8. The number of hydrogen-bond donors (Lipinski definition) is 4. The minimum Gasteiger partial charge on any atom is -0.340 e. The molecule has 0 aromatic heterocycles. The van der Waals surface area contributed by atoms with E-state index in [1.165, 1.54) is 0 Å². The molecule has 0 saturated heterocycles. The fourth-order valence-corrected chi connectivity index (χ4v) is 3.24. The van der Waals surface area contributed by atoms with Gasteiger partial charge in [-0.2, -0.15) is 0 Å². The fourth-order valence-electron chi connectivity index (χ4n) is 2.10. The second-order valence-corrected chi connectivity index (χ2v) is 7.20. The molecule has 5 N–H and O–H groups in total. The molecule has 0 radical (unpaired) electrons. The Morgan fingerprint density at radius 1 is 1.44 bits per heavy atom. The van der Waals surface area contributed by atoms with Crippen molar-refractivity contribution in [1.29, 1.82) is 0 Å². The van der Waals surface area contributed by atoms with Crippen LogP contribution in [0.4, 0.5) is 0 Å². The first-order valence-electron chi connectivity index (χ1n) is 6.33. The van der Waals surface area contributed by atoms with Crippen molar-refractivity contribution in [3.63, 3.8) is 0 Å². The molecule has 7 heteroatoms. The molecule has 2 atom stereocenters. The van der Waals surface area contributed by atoms with Crippen molar-refractivity contribution in [3.8, 4) is 0 Å². The summed E-state index contributed by atoms with van der Waals surface area (Å²) >= 11 is 0. The summed E-state index contributed by atoms with van der Waals surface area (Å²) in [5, 5.41) is 2.44. The molecule has 1 fully saturated rings. The summed E-state index contributed by atoms with van der Waals surface area (Å²) in [5.41, 5.74) is 5.70. The summed E-state index contributed by atoms with van der Waals surface area (Å²) < 4.78 is 11.4. The first kappa shape index (κ1) is 15.6. The molecule has 1 aliphatic carbocycles. The monoisotopic (exact) mass is 278 g/mol. The SMILES string of the molecule is CC(C)C[C@H](N)C(=O)NC(C1CCC1)P(=O)(O)O. The molecular weight excluding hydrogens is 255 g/mol. The Hall–Kier alpha value is -0.420. The first-order valence-corrected chi connectivity index (χ1v) is 8.01. The molecule has 18 heavy (non-hydrogen) atoms. The molecule has 0 bridgehead atoms. The lowest BCUT2D eigenvalue weighted by molar-refractivity contribution is -0.123. The largest absolute Gasteiger partial charge is 0.347 e. The van der Waals surface area contributed by atoms with Gasteiger partial charge < -0.3 is 20.8 Å². The van der Waals surface area contributed by atoms with Crippen LogP contribution in [0.15, 0.2) is 0 Å². The van der Waals surface area contributed by atoms with Crippen molar-refractivity contribution in [2.75, 3.05) is 0 Å². The average molecular weight is 278 g/mol. The number of rotatable bonds is 6. The summed E-state index contributed by atoms with van der Waals surface area (Å²) in [4.78, 5) is 30.4. The Morgan fingerprint density at radius 3 is 2.33 bits per heavy atom. The number of carbonyl (C=O) groups is 1. The van der Waals surface area contributed by atoms with Crippen molar-refractivity contribution in [3.05, 3.63) is 0 Å². The van der Waals surface area contributed by atoms with Gasteiger partial charge in [-0.25, -0.2) is 0 Å². The van der Waals surface area contributed by atoms with E-state index >= 15 is 0 Å². The van der Waals surface area contributed by atoms with E-state index < -0.39 is 25.3 Å². The van der Waals surface area contributed by atoms with Crippen LogP contribution in [-0.4, -0.2) is 27.5 Å². The van der Waals surface area contributed by atoms with Gasteiger partial charge in [-0.15, -0.1) is 0 Å². The van der Waals surface area contributed by atoms with E-state index in [9.17, 15) is 19.1 Å². The lowest BCUT2D eigenvalue weighted by Crippen LogP contribution is -2.49. The van der Waals surface area contributed by atoms with Crippen molar-refractivity contribution >= 4 is 13.5 Å².